The minimum atomic E-state index is 0.364. The molecule has 3 rings (SSSR count). The van der Waals surface area contributed by atoms with Crippen molar-refractivity contribution in [2.45, 2.75) is 45.4 Å². The molecule has 110 valence electrons. The number of hydrogen-bond acceptors (Lipinski definition) is 2. The van der Waals surface area contributed by atoms with Crippen LogP contribution in [0.1, 0.15) is 44.6 Å². The lowest BCUT2D eigenvalue weighted by Crippen LogP contribution is -2.47. The van der Waals surface area contributed by atoms with E-state index in [1.807, 2.05) is 0 Å². The van der Waals surface area contributed by atoms with Crippen LogP contribution in [0.3, 0.4) is 0 Å². The minimum Gasteiger partial charge on any atom is -0.370 e. The highest BCUT2D eigenvalue weighted by Gasteiger charge is 2.34. The van der Waals surface area contributed by atoms with Crippen LogP contribution in [0.4, 0.5) is 5.69 Å². The molecule has 2 N–H and O–H groups in total. The van der Waals surface area contributed by atoms with Gasteiger partial charge in [0.05, 0.1) is 0 Å². The summed E-state index contributed by atoms with van der Waals surface area (Å²) >= 11 is 0. The van der Waals surface area contributed by atoms with Gasteiger partial charge in [0.2, 0.25) is 0 Å². The Morgan fingerprint density at radius 3 is 2.70 bits per heavy atom. The van der Waals surface area contributed by atoms with E-state index in [0.717, 1.165) is 19.0 Å². The van der Waals surface area contributed by atoms with Crippen LogP contribution in [0, 0.1) is 11.3 Å². The van der Waals surface area contributed by atoms with Crippen molar-refractivity contribution < 1.29 is 0 Å². The monoisotopic (exact) mass is 272 g/mol. The summed E-state index contributed by atoms with van der Waals surface area (Å²) < 4.78 is 0. The lowest BCUT2D eigenvalue weighted by Gasteiger charge is -2.44. The van der Waals surface area contributed by atoms with Gasteiger partial charge in [-0.05, 0) is 43.4 Å². The number of benzene rings is 1. The van der Waals surface area contributed by atoms with Crippen LogP contribution in [0.15, 0.2) is 24.3 Å². The van der Waals surface area contributed by atoms with Crippen molar-refractivity contribution in [3.05, 3.63) is 29.8 Å². The zero-order valence-corrected chi connectivity index (χ0v) is 12.8. The van der Waals surface area contributed by atoms with Gasteiger partial charge in [-0.15, -0.1) is 0 Å². The fraction of sp³-hybridized carbons (Fsp3) is 0.667. The van der Waals surface area contributed by atoms with Crippen LogP contribution in [-0.2, 0) is 6.42 Å². The molecule has 0 amide bonds. The van der Waals surface area contributed by atoms with E-state index < -0.39 is 0 Å². The normalized spacial score (nSPS) is 25.3. The van der Waals surface area contributed by atoms with Crippen molar-refractivity contribution in [3.8, 4) is 0 Å². The Morgan fingerprint density at radius 1 is 1.20 bits per heavy atom. The molecular formula is C18H28N2. The fourth-order valence-corrected chi connectivity index (χ4v) is 4.19. The van der Waals surface area contributed by atoms with Crippen LogP contribution in [0.5, 0.6) is 0 Å². The van der Waals surface area contributed by atoms with E-state index >= 15 is 0 Å². The van der Waals surface area contributed by atoms with Crippen LogP contribution in [0.25, 0.3) is 0 Å². The molecule has 2 nitrogen and oxygen atoms in total. The molecule has 1 aliphatic carbocycles. The molecule has 2 aliphatic rings. The first-order valence-corrected chi connectivity index (χ1v) is 8.25. The highest BCUT2D eigenvalue weighted by molar-refractivity contribution is 5.56. The van der Waals surface area contributed by atoms with Crippen molar-refractivity contribution in [1.29, 1.82) is 0 Å². The third kappa shape index (κ3) is 2.71. The molecule has 1 aliphatic heterocycles. The van der Waals surface area contributed by atoms with Crippen molar-refractivity contribution >= 4 is 5.69 Å². The molecule has 1 aromatic rings. The average molecular weight is 272 g/mol. The second-order valence-electron chi connectivity index (χ2n) is 7.08. The summed E-state index contributed by atoms with van der Waals surface area (Å²) in [5.74, 6) is 0.753. The van der Waals surface area contributed by atoms with Crippen LogP contribution in [-0.4, -0.2) is 19.6 Å². The van der Waals surface area contributed by atoms with Gasteiger partial charge in [0.1, 0.15) is 0 Å². The molecule has 20 heavy (non-hydrogen) atoms. The molecule has 0 aromatic heterocycles. The summed E-state index contributed by atoms with van der Waals surface area (Å²) in [6.45, 7) is 5.57. The molecule has 1 fully saturated rings. The van der Waals surface area contributed by atoms with Crippen LogP contribution >= 0.6 is 0 Å². The zero-order chi connectivity index (χ0) is 14.0. The van der Waals surface area contributed by atoms with E-state index in [9.17, 15) is 0 Å². The summed E-state index contributed by atoms with van der Waals surface area (Å²) in [5, 5.41) is 0. The van der Waals surface area contributed by atoms with Crippen molar-refractivity contribution in [1.82, 2.24) is 0 Å². The van der Waals surface area contributed by atoms with E-state index in [-0.39, 0.29) is 0 Å². The van der Waals surface area contributed by atoms with E-state index in [1.165, 1.54) is 56.3 Å². The summed E-state index contributed by atoms with van der Waals surface area (Å²) in [5.41, 5.74) is 9.53. The second kappa shape index (κ2) is 5.77. The number of para-hydroxylation sites is 1. The molecule has 0 spiro atoms. The Labute approximate surface area is 123 Å². The maximum atomic E-state index is 6.18. The molecule has 1 heterocycles. The van der Waals surface area contributed by atoms with Gasteiger partial charge in [0, 0.05) is 24.2 Å². The van der Waals surface area contributed by atoms with Crippen molar-refractivity contribution in [2.75, 3.05) is 24.5 Å². The molecule has 2 heteroatoms. The number of fused-ring (bicyclic) bond motifs is 1. The van der Waals surface area contributed by atoms with Gasteiger partial charge < -0.3 is 10.6 Å². The molecule has 0 saturated heterocycles. The lowest BCUT2D eigenvalue weighted by molar-refractivity contribution is 0.200. The molecule has 1 unspecified atom stereocenters. The Balaban J connectivity index is 1.83. The summed E-state index contributed by atoms with van der Waals surface area (Å²) in [4.78, 5) is 2.63. The first-order valence-electron chi connectivity index (χ1n) is 8.25. The third-order valence-electron chi connectivity index (χ3n) is 5.31. The van der Waals surface area contributed by atoms with Gasteiger partial charge in [0.15, 0.2) is 0 Å². The van der Waals surface area contributed by atoms with Gasteiger partial charge in [0.25, 0.3) is 0 Å². The first-order chi connectivity index (χ1) is 9.72. The van der Waals surface area contributed by atoms with Gasteiger partial charge in [-0.1, -0.05) is 44.4 Å². The molecule has 0 radical (unpaired) electrons. The predicted molar refractivity (Wildman–Crippen MR) is 86.1 cm³/mol. The Morgan fingerprint density at radius 2 is 1.95 bits per heavy atom. The zero-order valence-electron chi connectivity index (χ0n) is 12.8. The molecular weight excluding hydrogens is 244 g/mol. The van der Waals surface area contributed by atoms with E-state index in [0.29, 0.717) is 5.41 Å². The maximum Gasteiger partial charge on any atom is 0.0399 e. The highest BCUT2D eigenvalue weighted by Crippen LogP contribution is 2.39. The lowest BCUT2D eigenvalue weighted by atomic mass is 9.73. The Kier molecular flexibility index (Phi) is 4.02. The molecule has 1 saturated carbocycles. The molecule has 1 aromatic carbocycles. The third-order valence-corrected chi connectivity index (χ3v) is 5.31. The summed E-state index contributed by atoms with van der Waals surface area (Å²) in [6.07, 6.45) is 7.98. The van der Waals surface area contributed by atoms with Gasteiger partial charge in [-0.25, -0.2) is 0 Å². The quantitative estimate of drug-likeness (QED) is 0.911. The summed E-state index contributed by atoms with van der Waals surface area (Å²) in [7, 11) is 0. The topological polar surface area (TPSA) is 29.3 Å². The van der Waals surface area contributed by atoms with Crippen molar-refractivity contribution in [3.63, 3.8) is 0 Å². The second-order valence-corrected chi connectivity index (χ2v) is 7.08. The van der Waals surface area contributed by atoms with Gasteiger partial charge >= 0.3 is 0 Å². The largest absolute Gasteiger partial charge is 0.370 e. The van der Waals surface area contributed by atoms with Crippen LogP contribution < -0.4 is 10.6 Å². The number of anilines is 1. The van der Waals surface area contributed by atoms with Gasteiger partial charge in [-0.2, -0.15) is 0 Å². The number of rotatable bonds is 3. The predicted octanol–water partition coefficient (Wildman–Crippen LogP) is 3.59. The average Bonchev–Trinajstić information content (AvgIpc) is 2.48. The fourth-order valence-electron chi connectivity index (χ4n) is 4.19. The van der Waals surface area contributed by atoms with E-state index in [1.54, 1.807) is 0 Å². The Hall–Kier alpha value is -1.02. The molecule has 1 atom stereocenters. The minimum absolute atomic E-state index is 0.364. The number of hydrogen-bond donors (Lipinski definition) is 1. The molecule has 0 bridgehead atoms. The number of nitrogens with zero attached hydrogens (tertiary/aromatic N) is 1. The SMILES string of the molecule is CC1Cc2ccccc2N(CC2(CN)CCCCC2)C1. The standard InChI is InChI=1S/C18H28N2/c1-15-11-16-7-3-4-8-17(16)20(12-15)14-18(13-19)9-5-2-6-10-18/h3-4,7-8,15H,2,5-6,9-14,19H2,1H3. The van der Waals surface area contributed by atoms with E-state index in [2.05, 4.69) is 36.1 Å². The Bertz CT molecular complexity index is 448. The van der Waals surface area contributed by atoms with E-state index in [4.69, 9.17) is 5.73 Å². The van der Waals surface area contributed by atoms with Gasteiger partial charge in [-0.3, -0.25) is 0 Å². The smallest absolute Gasteiger partial charge is 0.0399 e. The maximum absolute atomic E-state index is 6.18. The summed E-state index contributed by atoms with van der Waals surface area (Å²) in [6, 6.07) is 8.95. The van der Waals surface area contributed by atoms with Crippen LogP contribution in [0.2, 0.25) is 0 Å². The highest BCUT2D eigenvalue weighted by atomic mass is 15.1. The van der Waals surface area contributed by atoms with Crippen molar-refractivity contribution in [2.24, 2.45) is 17.1 Å². The number of nitrogens with two attached hydrogens (primary N) is 1. The first kappa shape index (κ1) is 13.9.